The normalized spacial score (nSPS) is 15.0. The SMILES string of the molecule is Cc1cc(Cl)cnc1CN(Cc1ncccc1C(C)(C)c1ccccc1)C1CCN(C(=O)OC(C)(C)C)CC1. The van der Waals surface area contributed by atoms with E-state index in [1.807, 2.05) is 44.0 Å². The van der Waals surface area contributed by atoms with Crippen molar-refractivity contribution in [2.75, 3.05) is 13.1 Å². The minimum atomic E-state index is -0.501. The molecule has 208 valence electrons. The molecule has 1 saturated heterocycles. The summed E-state index contributed by atoms with van der Waals surface area (Å²) in [5, 5.41) is 0.644. The second kappa shape index (κ2) is 12.1. The highest BCUT2D eigenvalue weighted by atomic mass is 35.5. The molecule has 2 aromatic heterocycles. The summed E-state index contributed by atoms with van der Waals surface area (Å²) in [7, 11) is 0. The molecule has 3 aromatic rings. The predicted molar refractivity (Wildman–Crippen MR) is 157 cm³/mol. The molecule has 0 atom stereocenters. The van der Waals surface area contributed by atoms with Crippen LogP contribution in [0, 0.1) is 6.92 Å². The molecule has 1 aromatic carbocycles. The van der Waals surface area contributed by atoms with Gasteiger partial charge in [-0.15, -0.1) is 0 Å². The van der Waals surface area contributed by atoms with Crippen LogP contribution >= 0.6 is 11.6 Å². The van der Waals surface area contributed by atoms with Gasteiger partial charge in [0, 0.05) is 50.0 Å². The maximum Gasteiger partial charge on any atom is 0.410 e. The van der Waals surface area contributed by atoms with Gasteiger partial charge in [-0.3, -0.25) is 14.9 Å². The molecule has 0 N–H and O–H groups in total. The molecule has 3 heterocycles. The number of likely N-dealkylation sites (tertiary alicyclic amines) is 1. The molecule has 0 saturated carbocycles. The molecule has 6 nitrogen and oxygen atoms in total. The van der Waals surface area contributed by atoms with Crippen molar-refractivity contribution in [2.24, 2.45) is 0 Å². The van der Waals surface area contributed by atoms with Crippen LogP contribution in [-0.2, 0) is 23.2 Å². The lowest BCUT2D eigenvalue weighted by molar-refractivity contribution is 0.0128. The number of hydrogen-bond donors (Lipinski definition) is 0. The number of carbonyl (C=O) groups excluding carboxylic acids is 1. The number of ether oxygens (including phenoxy) is 1. The average molecular weight is 549 g/mol. The largest absolute Gasteiger partial charge is 0.444 e. The van der Waals surface area contributed by atoms with E-state index in [1.165, 1.54) is 11.1 Å². The Balaban J connectivity index is 1.60. The van der Waals surface area contributed by atoms with Crippen LogP contribution in [0.2, 0.25) is 5.02 Å². The second-order valence-corrected chi connectivity index (χ2v) is 12.4. The zero-order valence-corrected chi connectivity index (χ0v) is 24.8. The smallest absolute Gasteiger partial charge is 0.410 e. The molecule has 4 rings (SSSR count). The highest BCUT2D eigenvalue weighted by Crippen LogP contribution is 2.34. The third-order valence-electron chi connectivity index (χ3n) is 7.55. The average Bonchev–Trinajstić information content (AvgIpc) is 2.89. The van der Waals surface area contributed by atoms with Crippen LogP contribution in [0.3, 0.4) is 0 Å². The topological polar surface area (TPSA) is 58.6 Å². The quantitative estimate of drug-likeness (QED) is 0.313. The number of piperidine rings is 1. The molecular weight excluding hydrogens is 508 g/mol. The van der Waals surface area contributed by atoms with Crippen molar-refractivity contribution in [3.8, 4) is 0 Å². The highest BCUT2D eigenvalue weighted by Gasteiger charge is 2.32. The number of aromatic nitrogens is 2. The Morgan fingerprint density at radius 1 is 1.00 bits per heavy atom. The zero-order valence-electron chi connectivity index (χ0n) is 24.1. The fraction of sp³-hybridized carbons (Fsp3) is 0.469. The van der Waals surface area contributed by atoms with E-state index in [2.05, 4.69) is 67.1 Å². The van der Waals surface area contributed by atoms with E-state index < -0.39 is 5.60 Å². The third-order valence-corrected chi connectivity index (χ3v) is 7.76. The zero-order chi connectivity index (χ0) is 28.2. The van der Waals surface area contributed by atoms with Gasteiger partial charge in [0.2, 0.25) is 0 Å². The van der Waals surface area contributed by atoms with Crippen molar-refractivity contribution in [1.82, 2.24) is 19.8 Å². The highest BCUT2D eigenvalue weighted by molar-refractivity contribution is 6.30. The number of rotatable bonds is 7. The van der Waals surface area contributed by atoms with Crippen molar-refractivity contribution >= 4 is 17.7 Å². The van der Waals surface area contributed by atoms with Crippen molar-refractivity contribution in [3.05, 3.63) is 94.0 Å². The van der Waals surface area contributed by atoms with Crippen LogP contribution in [0.1, 0.15) is 75.5 Å². The van der Waals surface area contributed by atoms with E-state index in [0.717, 1.165) is 29.8 Å². The Labute approximate surface area is 238 Å². The summed E-state index contributed by atoms with van der Waals surface area (Å²) in [5.41, 5.74) is 4.91. The molecule has 39 heavy (non-hydrogen) atoms. The summed E-state index contributed by atoms with van der Waals surface area (Å²) in [6.07, 6.45) is 5.08. The molecule has 0 aliphatic carbocycles. The first-order chi connectivity index (χ1) is 18.4. The second-order valence-electron chi connectivity index (χ2n) is 12.0. The van der Waals surface area contributed by atoms with Gasteiger partial charge in [-0.1, -0.05) is 61.8 Å². The lowest BCUT2D eigenvalue weighted by Gasteiger charge is -2.39. The third kappa shape index (κ3) is 7.37. The van der Waals surface area contributed by atoms with Crippen LogP contribution < -0.4 is 0 Å². The molecule has 0 spiro atoms. The number of amides is 1. The van der Waals surface area contributed by atoms with E-state index in [4.69, 9.17) is 21.3 Å². The Kier molecular flexibility index (Phi) is 8.97. The standard InChI is InChI=1S/C32H41ClN4O2/c1-23-19-25(33)20-35-28(23)21-37(26-14-17-36(18-15-26)30(38)39-31(2,3)4)22-29-27(13-10-16-34-29)32(5,6)24-11-8-7-9-12-24/h7-13,16,19-20,26H,14-15,17-18,21-22H2,1-6H3. The molecule has 1 aliphatic rings. The van der Waals surface area contributed by atoms with Crippen LogP contribution in [-0.4, -0.2) is 50.6 Å². The van der Waals surface area contributed by atoms with E-state index in [1.54, 1.807) is 6.20 Å². The van der Waals surface area contributed by atoms with Crippen LogP contribution in [0.15, 0.2) is 60.9 Å². The van der Waals surface area contributed by atoms with E-state index in [-0.39, 0.29) is 17.6 Å². The lowest BCUT2D eigenvalue weighted by atomic mass is 9.77. The van der Waals surface area contributed by atoms with E-state index >= 15 is 0 Å². The molecule has 0 bridgehead atoms. The van der Waals surface area contributed by atoms with Crippen molar-refractivity contribution in [3.63, 3.8) is 0 Å². The van der Waals surface area contributed by atoms with Gasteiger partial charge < -0.3 is 9.64 Å². The van der Waals surface area contributed by atoms with Crippen LogP contribution in [0.25, 0.3) is 0 Å². The number of hydrogen-bond acceptors (Lipinski definition) is 5. The van der Waals surface area contributed by atoms with Gasteiger partial charge in [0.1, 0.15) is 5.60 Å². The van der Waals surface area contributed by atoms with Gasteiger partial charge in [-0.05, 0) is 69.4 Å². The van der Waals surface area contributed by atoms with Crippen LogP contribution in [0.5, 0.6) is 0 Å². The molecule has 1 amide bonds. The molecule has 7 heteroatoms. The Bertz CT molecular complexity index is 1260. The Hall–Kier alpha value is -2.96. The summed E-state index contributed by atoms with van der Waals surface area (Å²) in [6, 6.07) is 17.1. The van der Waals surface area contributed by atoms with Gasteiger partial charge in [-0.2, -0.15) is 0 Å². The Morgan fingerprint density at radius 3 is 2.31 bits per heavy atom. The number of nitrogens with zero attached hydrogens (tertiary/aromatic N) is 4. The maximum absolute atomic E-state index is 12.7. The summed E-state index contributed by atoms with van der Waals surface area (Å²) >= 11 is 6.22. The molecular formula is C32H41ClN4O2. The molecule has 0 unspecified atom stereocenters. The predicted octanol–water partition coefficient (Wildman–Crippen LogP) is 7.17. The molecule has 0 radical (unpaired) electrons. The summed E-state index contributed by atoms with van der Waals surface area (Å²) < 4.78 is 5.63. The fourth-order valence-corrected chi connectivity index (χ4v) is 5.53. The summed E-state index contributed by atoms with van der Waals surface area (Å²) in [5.74, 6) is 0. The minimum Gasteiger partial charge on any atom is -0.444 e. The molecule has 1 aliphatic heterocycles. The lowest BCUT2D eigenvalue weighted by Crippen LogP contribution is -2.47. The van der Waals surface area contributed by atoms with Gasteiger partial charge in [0.25, 0.3) is 0 Å². The number of aryl methyl sites for hydroxylation is 1. The summed E-state index contributed by atoms with van der Waals surface area (Å²) in [6.45, 7) is 15.0. The number of halogens is 1. The van der Waals surface area contributed by atoms with Gasteiger partial charge >= 0.3 is 6.09 Å². The Morgan fingerprint density at radius 2 is 1.67 bits per heavy atom. The number of benzene rings is 1. The van der Waals surface area contributed by atoms with E-state index in [9.17, 15) is 4.79 Å². The number of carbonyl (C=O) groups is 1. The minimum absolute atomic E-state index is 0.203. The summed E-state index contributed by atoms with van der Waals surface area (Å²) in [4.78, 5) is 26.6. The first-order valence-corrected chi connectivity index (χ1v) is 14.1. The van der Waals surface area contributed by atoms with Gasteiger partial charge in [-0.25, -0.2) is 4.79 Å². The monoisotopic (exact) mass is 548 g/mol. The van der Waals surface area contributed by atoms with Gasteiger partial charge in [0.05, 0.1) is 16.4 Å². The van der Waals surface area contributed by atoms with Crippen molar-refractivity contribution < 1.29 is 9.53 Å². The first-order valence-electron chi connectivity index (χ1n) is 13.8. The van der Waals surface area contributed by atoms with E-state index in [0.29, 0.717) is 31.2 Å². The number of pyridine rings is 2. The van der Waals surface area contributed by atoms with Gasteiger partial charge in [0.15, 0.2) is 0 Å². The van der Waals surface area contributed by atoms with Crippen molar-refractivity contribution in [1.29, 1.82) is 0 Å². The first kappa shape index (κ1) is 29.0. The maximum atomic E-state index is 12.7. The fourth-order valence-electron chi connectivity index (χ4n) is 5.32. The van der Waals surface area contributed by atoms with Crippen molar-refractivity contribution in [2.45, 2.75) is 84.5 Å². The van der Waals surface area contributed by atoms with Crippen LogP contribution in [0.4, 0.5) is 4.79 Å². The molecule has 1 fully saturated rings.